The lowest BCUT2D eigenvalue weighted by molar-refractivity contribution is 0.164. The minimum absolute atomic E-state index is 0.251. The summed E-state index contributed by atoms with van der Waals surface area (Å²) >= 11 is 3.36. The Morgan fingerprint density at radius 2 is 2.33 bits per heavy atom. The van der Waals surface area contributed by atoms with Crippen molar-refractivity contribution in [1.29, 1.82) is 0 Å². The Morgan fingerprint density at radius 1 is 1.60 bits per heavy atom. The van der Waals surface area contributed by atoms with Gasteiger partial charge in [0.05, 0.1) is 28.1 Å². The van der Waals surface area contributed by atoms with Crippen molar-refractivity contribution < 1.29 is 5.11 Å². The highest BCUT2D eigenvalue weighted by Crippen LogP contribution is 2.26. The summed E-state index contributed by atoms with van der Waals surface area (Å²) in [4.78, 5) is 3.94. The van der Waals surface area contributed by atoms with E-state index in [4.69, 9.17) is 5.73 Å². The number of nitrogens with one attached hydrogen (secondary N) is 1. The van der Waals surface area contributed by atoms with Gasteiger partial charge in [-0.25, -0.2) is 0 Å². The summed E-state index contributed by atoms with van der Waals surface area (Å²) in [5.41, 5.74) is 7.20. The van der Waals surface area contributed by atoms with Crippen molar-refractivity contribution in [2.24, 2.45) is 0 Å². The Bertz CT molecular complexity index is 299. The van der Waals surface area contributed by atoms with Crippen molar-refractivity contribution in [2.75, 3.05) is 17.6 Å². The minimum atomic E-state index is -0.251. The van der Waals surface area contributed by atoms with Gasteiger partial charge in [0.25, 0.3) is 0 Å². The third kappa shape index (κ3) is 3.68. The number of nitrogens with zero attached hydrogens (tertiary/aromatic N) is 1. The summed E-state index contributed by atoms with van der Waals surface area (Å²) < 4.78 is 0.841. The molecule has 0 saturated heterocycles. The minimum Gasteiger partial charge on any atom is -0.396 e. The quantitative estimate of drug-likeness (QED) is 0.768. The van der Waals surface area contributed by atoms with E-state index in [0.717, 1.165) is 16.6 Å². The van der Waals surface area contributed by atoms with Crippen LogP contribution in [0.2, 0.25) is 0 Å². The molecule has 5 heteroatoms. The van der Waals surface area contributed by atoms with E-state index < -0.39 is 0 Å². The third-order valence-corrected chi connectivity index (χ3v) is 2.78. The molecule has 0 aliphatic heterocycles. The predicted molar refractivity (Wildman–Crippen MR) is 65.8 cm³/mol. The Hall–Kier alpha value is -0.810. The maximum absolute atomic E-state index is 9.38. The van der Waals surface area contributed by atoms with Gasteiger partial charge in [-0.05, 0) is 28.8 Å². The van der Waals surface area contributed by atoms with Crippen LogP contribution in [0.4, 0.5) is 11.4 Å². The summed E-state index contributed by atoms with van der Waals surface area (Å²) in [7, 11) is 0. The zero-order valence-corrected chi connectivity index (χ0v) is 10.3. The van der Waals surface area contributed by atoms with E-state index >= 15 is 0 Å². The Labute approximate surface area is 98.0 Å². The van der Waals surface area contributed by atoms with E-state index in [2.05, 4.69) is 26.2 Å². The molecule has 4 nitrogen and oxygen atoms in total. The fraction of sp³-hybridized carbons (Fsp3) is 0.500. The summed E-state index contributed by atoms with van der Waals surface area (Å²) in [5.74, 6) is 0. The maximum atomic E-state index is 9.38. The molecule has 1 unspecified atom stereocenters. The molecule has 1 atom stereocenters. The van der Waals surface area contributed by atoms with Gasteiger partial charge in [0.2, 0.25) is 0 Å². The second-order valence-corrected chi connectivity index (χ2v) is 4.22. The highest BCUT2D eigenvalue weighted by atomic mass is 79.9. The molecule has 1 rings (SSSR count). The molecule has 84 valence electrons. The van der Waals surface area contributed by atoms with Crippen molar-refractivity contribution in [3.63, 3.8) is 0 Å². The molecule has 1 heterocycles. The van der Waals surface area contributed by atoms with E-state index in [1.54, 1.807) is 12.4 Å². The summed E-state index contributed by atoms with van der Waals surface area (Å²) in [6.07, 6.45) is 4.52. The lowest BCUT2D eigenvalue weighted by Crippen LogP contribution is -2.13. The van der Waals surface area contributed by atoms with Crippen LogP contribution < -0.4 is 11.1 Å². The van der Waals surface area contributed by atoms with Gasteiger partial charge in [-0.3, -0.25) is 4.98 Å². The second-order valence-electron chi connectivity index (χ2n) is 3.36. The van der Waals surface area contributed by atoms with Crippen LogP contribution in [0.5, 0.6) is 0 Å². The Morgan fingerprint density at radius 3 is 2.93 bits per heavy atom. The van der Waals surface area contributed by atoms with Crippen molar-refractivity contribution in [3.05, 3.63) is 16.9 Å². The standard InChI is InChI=1S/C10H16BrN3O/c1-2-7(15)3-4-14-10-8(11)5-13-6-9(10)12/h5-7,15H,2-4,12H2,1H3,(H,13,14). The third-order valence-electron chi connectivity index (χ3n) is 2.18. The number of aromatic nitrogens is 1. The molecule has 0 fully saturated rings. The number of aliphatic hydroxyl groups excluding tert-OH is 1. The average molecular weight is 274 g/mol. The van der Waals surface area contributed by atoms with Crippen LogP contribution in [0.25, 0.3) is 0 Å². The first-order valence-electron chi connectivity index (χ1n) is 4.96. The van der Waals surface area contributed by atoms with Gasteiger partial charge in [0.1, 0.15) is 0 Å². The molecule has 0 spiro atoms. The first-order valence-corrected chi connectivity index (χ1v) is 5.75. The molecule has 15 heavy (non-hydrogen) atoms. The molecule has 0 aliphatic carbocycles. The van der Waals surface area contributed by atoms with E-state index in [1.807, 2.05) is 6.92 Å². The number of anilines is 2. The first kappa shape index (κ1) is 12.3. The molecule has 0 aromatic carbocycles. The Kier molecular flexibility index (Phi) is 4.84. The zero-order chi connectivity index (χ0) is 11.3. The molecule has 0 aliphatic rings. The topological polar surface area (TPSA) is 71.2 Å². The zero-order valence-electron chi connectivity index (χ0n) is 8.70. The largest absolute Gasteiger partial charge is 0.396 e. The van der Waals surface area contributed by atoms with Crippen molar-refractivity contribution in [3.8, 4) is 0 Å². The van der Waals surface area contributed by atoms with E-state index in [-0.39, 0.29) is 6.10 Å². The number of hydrogen-bond acceptors (Lipinski definition) is 4. The van der Waals surface area contributed by atoms with Crippen molar-refractivity contribution >= 4 is 27.3 Å². The molecular formula is C10H16BrN3O. The van der Waals surface area contributed by atoms with Crippen LogP contribution in [-0.4, -0.2) is 22.7 Å². The average Bonchev–Trinajstić information content (AvgIpc) is 2.22. The first-order chi connectivity index (χ1) is 7.15. The van der Waals surface area contributed by atoms with Crippen LogP contribution >= 0.6 is 15.9 Å². The maximum Gasteiger partial charge on any atom is 0.0750 e. The number of nitrogen functional groups attached to an aromatic ring is 1. The summed E-state index contributed by atoms with van der Waals surface area (Å²) in [6.45, 7) is 2.66. The number of aliphatic hydroxyl groups is 1. The van der Waals surface area contributed by atoms with Gasteiger partial charge in [-0.15, -0.1) is 0 Å². The number of pyridine rings is 1. The molecule has 4 N–H and O–H groups in total. The fourth-order valence-electron chi connectivity index (χ4n) is 1.20. The highest BCUT2D eigenvalue weighted by Gasteiger charge is 2.05. The Balaban J connectivity index is 2.50. The highest BCUT2D eigenvalue weighted by molar-refractivity contribution is 9.10. The molecule has 1 aromatic heterocycles. The van der Waals surface area contributed by atoms with Crippen LogP contribution in [0, 0.1) is 0 Å². The molecule has 0 amide bonds. The number of nitrogens with two attached hydrogens (primary N) is 1. The lowest BCUT2D eigenvalue weighted by atomic mass is 10.2. The normalized spacial score (nSPS) is 12.5. The van der Waals surface area contributed by atoms with Gasteiger partial charge < -0.3 is 16.2 Å². The van der Waals surface area contributed by atoms with Crippen LogP contribution in [0.3, 0.4) is 0 Å². The molecular weight excluding hydrogens is 258 g/mol. The van der Waals surface area contributed by atoms with Crippen LogP contribution in [0.1, 0.15) is 19.8 Å². The smallest absolute Gasteiger partial charge is 0.0750 e. The fourth-order valence-corrected chi connectivity index (χ4v) is 1.69. The molecule has 0 saturated carbocycles. The van der Waals surface area contributed by atoms with Gasteiger partial charge >= 0.3 is 0 Å². The van der Waals surface area contributed by atoms with E-state index in [1.165, 1.54) is 0 Å². The predicted octanol–water partition coefficient (Wildman–Crippen LogP) is 2.00. The van der Waals surface area contributed by atoms with E-state index in [0.29, 0.717) is 18.7 Å². The summed E-state index contributed by atoms with van der Waals surface area (Å²) in [5, 5.41) is 12.6. The van der Waals surface area contributed by atoms with Gasteiger partial charge in [0, 0.05) is 12.7 Å². The number of halogens is 1. The van der Waals surface area contributed by atoms with E-state index in [9.17, 15) is 5.11 Å². The van der Waals surface area contributed by atoms with Gasteiger partial charge in [-0.1, -0.05) is 6.92 Å². The van der Waals surface area contributed by atoms with Crippen LogP contribution in [0.15, 0.2) is 16.9 Å². The van der Waals surface area contributed by atoms with Crippen LogP contribution in [-0.2, 0) is 0 Å². The van der Waals surface area contributed by atoms with Crippen molar-refractivity contribution in [2.45, 2.75) is 25.9 Å². The molecule has 0 bridgehead atoms. The number of rotatable bonds is 5. The second kappa shape index (κ2) is 5.92. The van der Waals surface area contributed by atoms with Gasteiger partial charge in [0.15, 0.2) is 0 Å². The van der Waals surface area contributed by atoms with Gasteiger partial charge in [-0.2, -0.15) is 0 Å². The molecule has 1 aromatic rings. The SMILES string of the molecule is CCC(O)CCNc1c(N)cncc1Br. The molecule has 0 radical (unpaired) electrons. The summed E-state index contributed by atoms with van der Waals surface area (Å²) in [6, 6.07) is 0. The number of hydrogen-bond donors (Lipinski definition) is 3. The van der Waals surface area contributed by atoms with Crippen molar-refractivity contribution in [1.82, 2.24) is 4.98 Å². The lowest BCUT2D eigenvalue weighted by Gasteiger charge is -2.12. The monoisotopic (exact) mass is 273 g/mol.